The van der Waals surface area contributed by atoms with Crippen LogP contribution in [0.1, 0.15) is 34.6 Å². The van der Waals surface area contributed by atoms with Crippen LogP contribution in [0.4, 0.5) is 0 Å². The first kappa shape index (κ1) is 17.8. The van der Waals surface area contributed by atoms with Crippen LogP contribution in [-0.4, -0.2) is 40.7 Å². The lowest BCUT2D eigenvalue weighted by molar-refractivity contribution is -0.143. The minimum absolute atomic E-state index is 0.0562. The molecule has 0 amide bonds. The molecule has 2 aromatic rings. The number of carbonyl (C=O) groups excluding carboxylic acids is 1. The van der Waals surface area contributed by atoms with Crippen LogP contribution in [0.2, 0.25) is 0 Å². The Bertz CT molecular complexity index is 852. The van der Waals surface area contributed by atoms with Gasteiger partial charge < -0.3 is 14.0 Å². The fraction of sp³-hybridized carbons (Fsp3) is 0.529. The van der Waals surface area contributed by atoms with Crippen LogP contribution >= 0.6 is 0 Å². The molecule has 0 saturated carbocycles. The van der Waals surface area contributed by atoms with Gasteiger partial charge in [-0.2, -0.15) is 0 Å². The van der Waals surface area contributed by atoms with Crippen LogP contribution in [0.25, 0.3) is 10.9 Å². The molecule has 1 saturated heterocycles. The molecule has 1 aromatic heterocycles. The molecule has 0 bridgehead atoms. The molecule has 7 nitrogen and oxygen atoms in total. The third-order valence-corrected chi connectivity index (χ3v) is 4.91. The second-order valence-corrected chi connectivity index (χ2v) is 7.20. The summed E-state index contributed by atoms with van der Waals surface area (Å²) in [5.74, 6) is -0.406. The van der Waals surface area contributed by atoms with Crippen LogP contribution in [-0.2, 0) is 25.4 Å². The van der Waals surface area contributed by atoms with Gasteiger partial charge in [-0.15, -0.1) is 0 Å². The number of rotatable bonds is 4. The molecular weight excluding hydrogens is 323 g/mol. The molecule has 1 fully saturated rings. The molecule has 0 radical (unpaired) electrons. The molecule has 8 heteroatoms. The second-order valence-electron chi connectivity index (χ2n) is 7.20. The van der Waals surface area contributed by atoms with Gasteiger partial charge in [0.2, 0.25) is 0 Å². The number of carbonyl (C=O) groups is 1. The van der Waals surface area contributed by atoms with Gasteiger partial charge in [0.1, 0.15) is 6.54 Å². The van der Waals surface area contributed by atoms with Crippen molar-refractivity contribution in [2.75, 3.05) is 6.61 Å². The molecule has 134 valence electrons. The summed E-state index contributed by atoms with van der Waals surface area (Å²) in [5.41, 5.74) is 0.262. The highest BCUT2D eigenvalue weighted by atomic mass is 16.7. The molecule has 1 N–H and O–H groups in total. The molecule has 1 aliphatic heterocycles. The van der Waals surface area contributed by atoms with Gasteiger partial charge >= 0.3 is 13.1 Å². The highest BCUT2D eigenvalue weighted by molar-refractivity contribution is 6.62. The third kappa shape index (κ3) is 3.11. The van der Waals surface area contributed by atoms with E-state index in [4.69, 9.17) is 14.0 Å². The van der Waals surface area contributed by atoms with Gasteiger partial charge in [-0.25, -0.2) is 0 Å². The molecule has 25 heavy (non-hydrogen) atoms. The van der Waals surface area contributed by atoms with Crippen molar-refractivity contribution < 1.29 is 18.8 Å². The normalized spacial score (nSPS) is 18.7. The first-order chi connectivity index (χ1) is 11.6. The van der Waals surface area contributed by atoms with E-state index in [-0.39, 0.29) is 12.1 Å². The van der Waals surface area contributed by atoms with Crippen molar-refractivity contribution in [1.82, 2.24) is 9.78 Å². The number of esters is 1. The smallest absolute Gasteiger partial charge is 0.465 e. The number of fused-ring (bicyclic) bond motifs is 1. The molecule has 1 aromatic carbocycles. The van der Waals surface area contributed by atoms with E-state index in [1.165, 1.54) is 4.68 Å². The molecule has 0 unspecified atom stereocenters. The Hall–Kier alpha value is -2.06. The summed E-state index contributed by atoms with van der Waals surface area (Å²) in [6, 6.07) is 5.35. The van der Waals surface area contributed by atoms with Crippen LogP contribution in [0.15, 0.2) is 23.0 Å². The van der Waals surface area contributed by atoms with Gasteiger partial charge in [-0.1, -0.05) is 6.07 Å². The van der Waals surface area contributed by atoms with E-state index in [9.17, 15) is 9.59 Å². The Kier molecular flexibility index (Phi) is 4.29. The number of H-pyrrole nitrogens is 1. The fourth-order valence-corrected chi connectivity index (χ4v) is 2.79. The van der Waals surface area contributed by atoms with Crippen molar-refractivity contribution in [1.29, 1.82) is 0 Å². The van der Waals surface area contributed by atoms with Crippen molar-refractivity contribution in [2.45, 2.75) is 52.4 Å². The van der Waals surface area contributed by atoms with E-state index >= 15 is 0 Å². The number of nitrogens with one attached hydrogen (secondary N) is 1. The number of benzene rings is 1. The molecule has 3 rings (SSSR count). The minimum Gasteiger partial charge on any atom is -0.465 e. The Labute approximate surface area is 146 Å². The molecule has 0 atom stereocenters. The van der Waals surface area contributed by atoms with Gasteiger partial charge in [0.15, 0.2) is 0 Å². The molecule has 0 spiro atoms. The van der Waals surface area contributed by atoms with E-state index in [1.807, 2.05) is 39.8 Å². The Balaban J connectivity index is 1.97. The van der Waals surface area contributed by atoms with Gasteiger partial charge in [0.25, 0.3) is 5.56 Å². The van der Waals surface area contributed by atoms with Crippen LogP contribution in [0.3, 0.4) is 0 Å². The number of hydrogen-bond acceptors (Lipinski definition) is 5. The number of aromatic nitrogens is 2. The molecule has 2 heterocycles. The van der Waals surface area contributed by atoms with E-state index in [1.54, 1.807) is 13.0 Å². The molecule has 1 aliphatic rings. The van der Waals surface area contributed by atoms with E-state index in [0.717, 1.165) is 5.46 Å². The second kappa shape index (κ2) is 6.03. The van der Waals surface area contributed by atoms with Crippen LogP contribution in [0.5, 0.6) is 0 Å². The summed E-state index contributed by atoms with van der Waals surface area (Å²) < 4.78 is 18.6. The van der Waals surface area contributed by atoms with Crippen molar-refractivity contribution in [3.05, 3.63) is 28.6 Å². The largest absolute Gasteiger partial charge is 0.494 e. The predicted molar refractivity (Wildman–Crippen MR) is 94.9 cm³/mol. The van der Waals surface area contributed by atoms with Crippen molar-refractivity contribution in [2.24, 2.45) is 0 Å². The monoisotopic (exact) mass is 346 g/mol. The topological polar surface area (TPSA) is 82.6 Å². The summed E-state index contributed by atoms with van der Waals surface area (Å²) in [6.07, 6.45) is 0. The van der Waals surface area contributed by atoms with Gasteiger partial charge in [0, 0.05) is 0 Å². The summed E-state index contributed by atoms with van der Waals surface area (Å²) in [5, 5.41) is 3.18. The summed E-state index contributed by atoms with van der Waals surface area (Å²) in [6.45, 7) is 9.92. The van der Waals surface area contributed by atoms with Crippen molar-refractivity contribution in [3.8, 4) is 0 Å². The minimum atomic E-state index is -0.532. The Morgan fingerprint density at radius 3 is 2.48 bits per heavy atom. The summed E-state index contributed by atoms with van der Waals surface area (Å²) >= 11 is 0. The lowest BCUT2D eigenvalue weighted by Crippen LogP contribution is -2.41. The predicted octanol–water partition coefficient (Wildman–Crippen LogP) is 1.19. The van der Waals surface area contributed by atoms with E-state index in [0.29, 0.717) is 17.5 Å². The van der Waals surface area contributed by atoms with Gasteiger partial charge in [0.05, 0.1) is 28.7 Å². The maximum atomic E-state index is 12.1. The average Bonchev–Trinajstić information content (AvgIpc) is 2.93. The van der Waals surface area contributed by atoms with Crippen LogP contribution in [0, 0.1) is 0 Å². The summed E-state index contributed by atoms with van der Waals surface area (Å²) in [4.78, 5) is 23.8. The maximum absolute atomic E-state index is 12.1. The highest BCUT2D eigenvalue weighted by Gasteiger charge is 2.51. The molecule has 0 aliphatic carbocycles. The standard InChI is InChI=1S/C17H23BN2O5/c1-6-23-14(21)10-20-13-9-11(7-8-12(13)15(22)19-20)18-24-16(2,3)17(4,5)25-18/h7-9H,6,10H2,1-5H3,(H,19,22). The average molecular weight is 346 g/mol. The fourth-order valence-electron chi connectivity index (χ4n) is 2.79. The summed E-state index contributed by atoms with van der Waals surface area (Å²) in [7, 11) is -0.532. The van der Waals surface area contributed by atoms with Gasteiger partial charge in [-0.3, -0.25) is 19.4 Å². The quantitative estimate of drug-likeness (QED) is 0.664. The number of hydrogen-bond donors (Lipinski definition) is 1. The van der Waals surface area contributed by atoms with Crippen molar-refractivity contribution in [3.63, 3.8) is 0 Å². The van der Waals surface area contributed by atoms with Crippen molar-refractivity contribution >= 4 is 29.5 Å². The van der Waals surface area contributed by atoms with E-state index < -0.39 is 24.3 Å². The number of aromatic amines is 1. The number of nitrogens with zero attached hydrogens (tertiary/aromatic N) is 1. The zero-order chi connectivity index (χ0) is 18.4. The Morgan fingerprint density at radius 2 is 1.88 bits per heavy atom. The maximum Gasteiger partial charge on any atom is 0.494 e. The lowest BCUT2D eigenvalue weighted by atomic mass is 9.79. The van der Waals surface area contributed by atoms with Gasteiger partial charge in [-0.05, 0) is 52.2 Å². The lowest BCUT2D eigenvalue weighted by Gasteiger charge is -2.32. The highest BCUT2D eigenvalue weighted by Crippen LogP contribution is 2.36. The zero-order valence-electron chi connectivity index (χ0n) is 15.2. The van der Waals surface area contributed by atoms with Crippen LogP contribution < -0.4 is 11.0 Å². The first-order valence-electron chi connectivity index (χ1n) is 8.38. The number of ether oxygens (including phenoxy) is 1. The third-order valence-electron chi connectivity index (χ3n) is 4.91. The molecular formula is C17H23BN2O5. The Morgan fingerprint density at radius 1 is 1.24 bits per heavy atom. The van der Waals surface area contributed by atoms with E-state index in [2.05, 4.69) is 5.10 Å². The SMILES string of the molecule is CCOC(=O)Cn1[nH]c(=O)c2ccc(B3OC(C)(C)C(C)(C)O3)cc21. The first-order valence-corrected chi connectivity index (χ1v) is 8.38. The zero-order valence-corrected chi connectivity index (χ0v) is 15.2.